The van der Waals surface area contributed by atoms with Gasteiger partial charge in [0.1, 0.15) is 11.6 Å². The predicted octanol–water partition coefficient (Wildman–Crippen LogP) is 2.84. The van der Waals surface area contributed by atoms with Crippen LogP contribution in [0.2, 0.25) is 0 Å². The van der Waals surface area contributed by atoms with Crippen LogP contribution in [0.25, 0.3) is 5.52 Å². The Morgan fingerprint density at radius 1 is 1.29 bits per heavy atom. The van der Waals surface area contributed by atoms with Crippen LogP contribution < -0.4 is 10.1 Å². The minimum absolute atomic E-state index is 0.0592. The number of aryl methyl sites for hydroxylation is 1. The second-order valence-electron chi connectivity index (χ2n) is 8.27. The van der Waals surface area contributed by atoms with Crippen molar-refractivity contribution in [3.05, 3.63) is 59.9 Å². The number of nitrogens with zero attached hydrogens (tertiary/aromatic N) is 3. The summed E-state index contributed by atoms with van der Waals surface area (Å²) in [6.45, 7) is 1.92. The van der Waals surface area contributed by atoms with E-state index < -0.39 is 0 Å². The molecule has 6 rings (SSSR count). The van der Waals surface area contributed by atoms with Crippen LogP contribution in [-0.4, -0.2) is 32.7 Å². The molecule has 0 aliphatic heterocycles. The summed E-state index contributed by atoms with van der Waals surface area (Å²) in [5, 5.41) is 7.56. The van der Waals surface area contributed by atoms with Crippen molar-refractivity contribution in [1.82, 2.24) is 19.9 Å². The van der Waals surface area contributed by atoms with Crippen molar-refractivity contribution < 1.29 is 13.9 Å². The third-order valence-electron chi connectivity index (χ3n) is 5.86. The van der Waals surface area contributed by atoms with Gasteiger partial charge in [0.2, 0.25) is 0 Å². The lowest BCUT2D eigenvalue weighted by Crippen LogP contribution is -2.75. The van der Waals surface area contributed by atoms with Crippen LogP contribution >= 0.6 is 0 Å². The fourth-order valence-electron chi connectivity index (χ4n) is 4.92. The Labute approximate surface area is 161 Å². The number of rotatable bonds is 6. The second-order valence-corrected chi connectivity index (χ2v) is 8.27. The Hall–Kier alpha value is -2.96. The molecule has 2 aromatic heterocycles. The van der Waals surface area contributed by atoms with Crippen LogP contribution in [0, 0.1) is 18.2 Å². The zero-order valence-corrected chi connectivity index (χ0v) is 15.6. The lowest BCUT2D eigenvalue weighted by molar-refractivity contribution is -0.166. The number of nitrogens with one attached hydrogen (secondary N) is 1. The molecule has 3 fully saturated rings. The molecule has 0 radical (unpaired) electrons. The normalized spacial score (nSPS) is 25.1. The van der Waals surface area contributed by atoms with Crippen LogP contribution in [0.4, 0.5) is 4.39 Å². The van der Waals surface area contributed by atoms with E-state index in [1.54, 1.807) is 6.20 Å². The van der Waals surface area contributed by atoms with Gasteiger partial charge in [-0.05, 0) is 68.4 Å². The molecule has 3 aromatic rings. The first kappa shape index (κ1) is 17.2. The van der Waals surface area contributed by atoms with Crippen molar-refractivity contribution >= 4 is 11.4 Å². The minimum atomic E-state index is -0.327. The lowest BCUT2D eigenvalue weighted by atomic mass is 9.38. The molecule has 2 heterocycles. The second kappa shape index (κ2) is 6.02. The summed E-state index contributed by atoms with van der Waals surface area (Å²) in [6.07, 6.45) is 7.49. The van der Waals surface area contributed by atoms with E-state index in [2.05, 4.69) is 21.5 Å². The van der Waals surface area contributed by atoms with E-state index >= 15 is 0 Å². The van der Waals surface area contributed by atoms with Crippen molar-refractivity contribution in [3.63, 3.8) is 0 Å². The number of carbonyl (C=O) groups is 1. The third kappa shape index (κ3) is 2.91. The van der Waals surface area contributed by atoms with E-state index in [1.807, 2.05) is 17.6 Å². The zero-order valence-electron chi connectivity index (χ0n) is 15.6. The molecule has 2 bridgehead atoms. The predicted molar refractivity (Wildman–Crippen MR) is 100 cm³/mol. The number of amides is 1. The van der Waals surface area contributed by atoms with Crippen LogP contribution in [0.5, 0.6) is 5.75 Å². The fraction of sp³-hybridized carbons (Fsp3) is 0.381. The van der Waals surface area contributed by atoms with Gasteiger partial charge in [0.05, 0.1) is 16.9 Å². The van der Waals surface area contributed by atoms with E-state index in [-0.39, 0.29) is 29.3 Å². The molecule has 0 atom stereocenters. The van der Waals surface area contributed by atoms with E-state index in [0.29, 0.717) is 5.75 Å². The summed E-state index contributed by atoms with van der Waals surface area (Å²) in [7, 11) is 0. The van der Waals surface area contributed by atoms with E-state index in [1.165, 1.54) is 24.3 Å². The number of aromatic nitrogens is 3. The molecular formula is C21H21FN4O2. The Morgan fingerprint density at radius 3 is 2.79 bits per heavy atom. The Bertz CT molecular complexity index is 1040. The first-order valence-electron chi connectivity index (χ1n) is 9.44. The highest BCUT2D eigenvalue weighted by Gasteiger charge is 2.68. The molecule has 1 N–H and O–H groups in total. The number of hydrogen-bond acceptors (Lipinski definition) is 4. The Morgan fingerprint density at radius 2 is 2.04 bits per heavy atom. The maximum absolute atomic E-state index is 12.9. The SMILES string of the molecule is Cc1cc2c(CC34CC(NC(=O)COc5ccc(F)cc5)(C3)C4)nccn2n1. The average Bonchev–Trinajstić information content (AvgIpc) is 2.99. The fourth-order valence-corrected chi connectivity index (χ4v) is 4.92. The summed E-state index contributed by atoms with van der Waals surface area (Å²) >= 11 is 0. The molecular weight excluding hydrogens is 359 g/mol. The van der Waals surface area contributed by atoms with Gasteiger partial charge in [0.15, 0.2) is 6.61 Å². The van der Waals surface area contributed by atoms with Crippen molar-refractivity contribution in [2.75, 3.05) is 6.61 Å². The maximum Gasteiger partial charge on any atom is 0.258 e. The van der Waals surface area contributed by atoms with Crippen LogP contribution in [0.15, 0.2) is 42.7 Å². The Balaban J connectivity index is 1.16. The molecule has 0 spiro atoms. The molecule has 7 heteroatoms. The van der Waals surface area contributed by atoms with Gasteiger partial charge in [-0.1, -0.05) is 0 Å². The first-order valence-corrected chi connectivity index (χ1v) is 9.44. The molecule has 28 heavy (non-hydrogen) atoms. The number of ether oxygens (including phenoxy) is 1. The standard InChI is InChI=1S/C21H21FN4O2/c1-14-8-18-17(23-6-7-26(18)25-14)9-20-11-21(12-20,13-20)24-19(27)10-28-16-4-2-15(22)3-5-16/h2-8H,9-13H2,1H3,(H,24,27). The smallest absolute Gasteiger partial charge is 0.258 e. The molecule has 0 unspecified atom stereocenters. The van der Waals surface area contributed by atoms with Gasteiger partial charge in [0, 0.05) is 17.9 Å². The van der Waals surface area contributed by atoms with Gasteiger partial charge in [-0.3, -0.25) is 9.78 Å². The van der Waals surface area contributed by atoms with E-state index in [0.717, 1.165) is 42.6 Å². The summed E-state index contributed by atoms with van der Waals surface area (Å²) in [4.78, 5) is 16.8. The molecule has 6 nitrogen and oxygen atoms in total. The van der Waals surface area contributed by atoms with Gasteiger partial charge >= 0.3 is 0 Å². The first-order chi connectivity index (χ1) is 13.4. The topological polar surface area (TPSA) is 68.5 Å². The molecule has 3 saturated carbocycles. The highest BCUT2D eigenvalue weighted by atomic mass is 19.1. The van der Waals surface area contributed by atoms with Crippen LogP contribution in [-0.2, 0) is 11.2 Å². The van der Waals surface area contributed by atoms with Crippen molar-refractivity contribution in [3.8, 4) is 5.75 Å². The Kier molecular flexibility index (Phi) is 3.69. The van der Waals surface area contributed by atoms with Crippen LogP contribution in [0.3, 0.4) is 0 Å². The summed E-state index contributed by atoms with van der Waals surface area (Å²) < 4.78 is 20.2. The monoisotopic (exact) mass is 380 g/mol. The molecule has 1 aromatic carbocycles. The number of halogens is 1. The zero-order chi connectivity index (χ0) is 19.4. The maximum atomic E-state index is 12.9. The van der Waals surface area contributed by atoms with Gasteiger partial charge in [-0.15, -0.1) is 0 Å². The molecule has 144 valence electrons. The summed E-state index contributed by atoms with van der Waals surface area (Å²) in [6, 6.07) is 7.73. The van der Waals surface area contributed by atoms with E-state index in [9.17, 15) is 9.18 Å². The minimum Gasteiger partial charge on any atom is -0.484 e. The van der Waals surface area contributed by atoms with Crippen molar-refractivity contribution in [2.24, 2.45) is 5.41 Å². The van der Waals surface area contributed by atoms with E-state index in [4.69, 9.17) is 4.74 Å². The largest absolute Gasteiger partial charge is 0.484 e. The van der Waals surface area contributed by atoms with Gasteiger partial charge in [0.25, 0.3) is 5.91 Å². The van der Waals surface area contributed by atoms with Crippen LogP contribution in [0.1, 0.15) is 30.7 Å². The number of benzene rings is 1. The summed E-state index contributed by atoms with van der Waals surface area (Å²) in [5.74, 6) is 0.0254. The quantitative estimate of drug-likeness (QED) is 0.714. The summed E-state index contributed by atoms with van der Waals surface area (Å²) in [5.41, 5.74) is 3.26. The average molecular weight is 380 g/mol. The molecule has 0 saturated heterocycles. The molecule has 3 aliphatic rings. The van der Waals surface area contributed by atoms with Gasteiger partial charge < -0.3 is 10.1 Å². The third-order valence-corrected chi connectivity index (χ3v) is 5.86. The van der Waals surface area contributed by atoms with Crippen molar-refractivity contribution in [1.29, 1.82) is 0 Å². The van der Waals surface area contributed by atoms with Gasteiger partial charge in [-0.2, -0.15) is 5.10 Å². The van der Waals surface area contributed by atoms with Crippen molar-refractivity contribution in [2.45, 2.75) is 38.1 Å². The lowest BCUT2D eigenvalue weighted by Gasteiger charge is -2.70. The number of carbonyl (C=O) groups excluding carboxylic acids is 1. The number of fused-ring (bicyclic) bond motifs is 1. The molecule has 1 amide bonds. The molecule has 3 aliphatic carbocycles. The number of hydrogen-bond donors (Lipinski definition) is 1. The van der Waals surface area contributed by atoms with Gasteiger partial charge in [-0.25, -0.2) is 8.91 Å². The highest BCUT2D eigenvalue weighted by molar-refractivity contribution is 5.79. The highest BCUT2D eigenvalue weighted by Crippen LogP contribution is 2.68.